The van der Waals surface area contributed by atoms with E-state index in [9.17, 15) is 4.79 Å². The van der Waals surface area contributed by atoms with Crippen molar-refractivity contribution in [2.45, 2.75) is 51.9 Å². The zero-order valence-electron chi connectivity index (χ0n) is 20.1. The third-order valence-electron chi connectivity index (χ3n) is 7.19. The Bertz CT molecular complexity index is 1190. The van der Waals surface area contributed by atoms with Crippen LogP contribution in [0.25, 0.3) is 5.82 Å². The maximum atomic E-state index is 13.8. The Labute approximate surface area is 205 Å². The minimum Gasteiger partial charge on any atom is -0.353 e. The molecule has 0 radical (unpaired) electrons. The summed E-state index contributed by atoms with van der Waals surface area (Å²) in [6.45, 7) is 8.79. The topological polar surface area (TPSA) is 67.2 Å². The van der Waals surface area contributed by atoms with Crippen molar-refractivity contribution in [3.63, 3.8) is 0 Å². The molecule has 7 nitrogen and oxygen atoms in total. The van der Waals surface area contributed by atoms with E-state index in [2.05, 4.69) is 15.0 Å². The minimum absolute atomic E-state index is 0.258. The van der Waals surface area contributed by atoms with Gasteiger partial charge in [-0.2, -0.15) is 5.10 Å². The summed E-state index contributed by atoms with van der Waals surface area (Å²) in [4.78, 5) is 27.4. The highest BCUT2D eigenvalue weighted by molar-refractivity contribution is 6.30. The Morgan fingerprint density at radius 3 is 2.18 bits per heavy atom. The van der Waals surface area contributed by atoms with Crippen LogP contribution in [-0.2, 0) is 10.2 Å². The summed E-state index contributed by atoms with van der Waals surface area (Å²) in [6.07, 6.45) is 3.99. The van der Waals surface area contributed by atoms with Gasteiger partial charge in [-0.25, -0.2) is 14.6 Å². The lowest BCUT2D eigenvalue weighted by Gasteiger charge is -2.40. The van der Waals surface area contributed by atoms with Gasteiger partial charge in [0.15, 0.2) is 5.82 Å². The molecule has 1 amide bonds. The van der Waals surface area contributed by atoms with Crippen molar-refractivity contribution in [1.82, 2.24) is 24.6 Å². The molecule has 3 heterocycles. The number of rotatable bonds is 4. The predicted octanol–water partition coefficient (Wildman–Crippen LogP) is 4.40. The molecule has 1 aromatic carbocycles. The first-order valence-electron chi connectivity index (χ1n) is 12.1. The average Bonchev–Trinajstić information content (AvgIpc) is 3.46. The summed E-state index contributed by atoms with van der Waals surface area (Å²) in [6, 6.07) is 11.9. The highest BCUT2D eigenvalue weighted by Gasteiger charge is 2.45. The smallest absolute Gasteiger partial charge is 0.233 e. The van der Waals surface area contributed by atoms with E-state index in [4.69, 9.17) is 16.6 Å². The second kappa shape index (κ2) is 9.02. The molecule has 1 aliphatic carbocycles. The maximum absolute atomic E-state index is 13.8. The first-order valence-corrected chi connectivity index (χ1v) is 12.4. The van der Waals surface area contributed by atoms with Crippen molar-refractivity contribution in [3.05, 3.63) is 64.2 Å². The van der Waals surface area contributed by atoms with Crippen molar-refractivity contribution < 1.29 is 4.79 Å². The van der Waals surface area contributed by atoms with E-state index in [0.29, 0.717) is 23.9 Å². The van der Waals surface area contributed by atoms with Crippen LogP contribution in [0.2, 0.25) is 5.02 Å². The summed E-state index contributed by atoms with van der Waals surface area (Å²) in [5.74, 6) is 2.63. The van der Waals surface area contributed by atoms with E-state index in [1.807, 2.05) is 66.8 Å². The quantitative estimate of drug-likeness (QED) is 0.556. The molecule has 3 aromatic rings. The number of piperazine rings is 1. The fourth-order valence-electron chi connectivity index (χ4n) is 5.48. The molecular formula is C26H31ClN6O. The first-order chi connectivity index (χ1) is 16.4. The fraction of sp³-hybridized carbons (Fsp3) is 0.462. The van der Waals surface area contributed by atoms with Crippen molar-refractivity contribution in [2.75, 3.05) is 31.1 Å². The van der Waals surface area contributed by atoms with Crippen molar-refractivity contribution in [3.8, 4) is 5.82 Å². The number of aromatic nitrogens is 4. The molecule has 1 saturated carbocycles. The van der Waals surface area contributed by atoms with E-state index < -0.39 is 5.41 Å². The number of benzene rings is 1. The maximum Gasteiger partial charge on any atom is 0.233 e. The van der Waals surface area contributed by atoms with Crippen LogP contribution in [0.5, 0.6) is 0 Å². The van der Waals surface area contributed by atoms with Crippen LogP contribution in [-0.4, -0.2) is 56.7 Å². The Hall–Kier alpha value is -2.93. The monoisotopic (exact) mass is 478 g/mol. The van der Waals surface area contributed by atoms with Gasteiger partial charge >= 0.3 is 0 Å². The highest BCUT2D eigenvalue weighted by Crippen LogP contribution is 2.43. The van der Waals surface area contributed by atoms with Gasteiger partial charge in [-0.05, 0) is 57.4 Å². The number of hydrogen-bond donors (Lipinski definition) is 0. The van der Waals surface area contributed by atoms with Gasteiger partial charge < -0.3 is 9.80 Å². The van der Waals surface area contributed by atoms with Crippen LogP contribution in [0, 0.1) is 20.8 Å². The van der Waals surface area contributed by atoms with E-state index >= 15 is 0 Å². The predicted molar refractivity (Wildman–Crippen MR) is 134 cm³/mol. The third-order valence-corrected chi connectivity index (χ3v) is 7.44. The van der Waals surface area contributed by atoms with Crippen LogP contribution in [0.15, 0.2) is 36.4 Å². The third kappa shape index (κ3) is 4.17. The summed E-state index contributed by atoms with van der Waals surface area (Å²) in [5, 5.41) is 5.28. The Morgan fingerprint density at radius 1 is 0.912 bits per heavy atom. The number of hydrogen-bond acceptors (Lipinski definition) is 5. The lowest BCUT2D eigenvalue weighted by molar-refractivity contribution is -0.137. The molecule has 0 atom stereocenters. The zero-order valence-corrected chi connectivity index (χ0v) is 20.8. The molecule has 178 valence electrons. The van der Waals surface area contributed by atoms with Gasteiger partial charge in [-0.1, -0.05) is 36.6 Å². The molecule has 0 bridgehead atoms. The lowest BCUT2D eigenvalue weighted by Crippen LogP contribution is -2.54. The van der Waals surface area contributed by atoms with Crippen LogP contribution >= 0.6 is 11.6 Å². The molecule has 5 rings (SSSR count). The van der Waals surface area contributed by atoms with Gasteiger partial charge in [0, 0.05) is 43.0 Å². The van der Waals surface area contributed by atoms with Gasteiger partial charge in [-0.3, -0.25) is 4.79 Å². The summed E-state index contributed by atoms with van der Waals surface area (Å²) in [7, 11) is 0. The number of aryl methyl sites for hydroxylation is 3. The standard InChI is InChI=1S/C26H31ClN6O/c1-18-16-19(2)33(30-18)24-17-23(28-20(3)29-24)31-12-14-32(15-13-31)25(34)26(10-4-5-11-26)21-6-8-22(27)9-7-21/h6-9,16-17H,4-5,10-15H2,1-3H3. The Morgan fingerprint density at radius 2 is 1.56 bits per heavy atom. The van der Waals surface area contributed by atoms with Gasteiger partial charge in [0.25, 0.3) is 0 Å². The minimum atomic E-state index is -0.416. The molecular weight excluding hydrogens is 448 g/mol. The summed E-state index contributed by atoms with van der Waals surface area (Å²) >= 11 is 6.12. The van der Waals surface area contributed by atoms with Gasteiger partial charge in [0.05, 0.1) is 11.1 Å². The Balaban J connectivity index is 1.33. The van der Waals surface area contributed by atoms with Gasteiger partial charge in [0.2, 0.25) is 5.91 Å². The second-order valence-electron chi connectivity index (χ2n) is 9.55. The SMILES string of the molecule is Cc1cc(C)n(-c2cc(N3CCN(C(=O)C4(c5ccc(Cl)cc5)CCCC4)CC3)nc(C)n2)n1. The fourth-order valence-corrected chi connectivity index (χ4v) is 5.61. The molecule has 2 aliphatic rings. The lowest BCUT2D eigenvalue weighted by atomic mass is 9.77. The zero-order chi connectivity index (χ0) is 23.9. The van der Waals surface area contributed by atoms with Crippen LogP contribution < -0.4 is 4.90 Å². The molecule has 1 aliphatic heterocycles. The molecule has 34 heavy (non-hydrogen) atoms. The molecule has 2 aromatic heterocycles. The van der Waals surface area contributed by atoms with Crippen molar-refractivity contribution in [2.24, 2.45) is 0 Å². The van der Waals surface area contributed by atoms with Crippen LogP contribution in [0.4, 0.5) is 5.82 Å². The molecule has 2 fully saturated rings. The number of anilines is 1. The van der Waals surface area contributed by atoms with E-state index in [-0.39, 0.29) is 5.91 Å². The van der Waals surface area contributed by atoms with Crippen molar-refractivity contribution >= 4 is 23.3 Å². The number of halogens is 1. The largest absolute Gasteiger partial charge is 0.353 e. The molecule has 0 N–H and O–H groups in total. The summed E-state index contributed by atoms with van der Waals surface area (Å²) in [5.41, 5.74) is 2.69. The van der Waals surface area contributed by atoms with Crippen LogP contribution in [0.3, 0.4) is 0 Å². The van der Waals surface area contributed by atoms with E-state index in [1.165, 1.54) is 0 Å². The average molecular weight is 479 g/mol. The van der Waals surface area contributed by atoms with Gasteiger partial charge in [0.1, 0.15) is 11.6 Å². The van der Waals surface area contributed by atoms with E-state index in [0.717, 1.165) is 67.4 Å². The number of amides is 1. The molecule has 8 heteroatoms. The summed E-state index contributed by atoms with van der Waals surface area (Å²) < 4.78 is 1.86. The first kappa shape index (κ1) is 22.8. The Kier molecular flexibility index (Phi) is 6.06. The van der Waals surface area contributed by atoms with E-state index in [1.54, 1.807) is 0 Å². The number of nitrogens with zero attached hydrogens (tertiary/aromatic N) is 6. The second-order valence-corrected chi connectivity index (χ2v) is 9.98. The molecule has 1 saturated heterocycles. The van der Waals surface area contributed by atoms with Crippen LogP contribution in [0.1, 0.15) is 48.5 Å². The molecule has 0 unspecified atom stereocenters. The highest BCUT2D eigenvalue weighted by atomic mass is 35.5. The van der Waals surface area contributed by atoms with Gasteiger partial charge in [-0.15, -0.1) is 0 Å². The number of carbonyl (C=O) groups is 1. The normalized spacial score (nSPS) is 17.9. The van der Waals surface area contributed by atoms with Crippen molar-refractivity contribution in [1.29, 1.82) is 0 Å². The number of carbonyl (C=O) groups excluding carboxylic acids is 1. The molecule has 0 spiro atoms.